The number of halogens is 3. The fourth-order valence-corrected chi connectivity index (χ4v) is 1.55. The normalized spacial score (nSPS) is 15.4. The van der Waals surface area contributed by atoms with Crippen LogP contribution in [0.15, 0.2) is 0 Å². The van der Waals surface area contributed by atoms with Gasteiger partial charge in [-0.3, -0.25) is 4.79 Å². The fourth-order valence-electron chi connectivity index (χ4n) is 0.609. The number of hydrogen-bond donors (Lipinski definition) is 1. The molecule has 1 N–H and O–H groups in total. The summed E-state index contributed by atoms with van der Waals surface area (Å²) in [5.74, 6) is -6.45. The summed E-state index contributed by atoms with van der Waals surface area (Å²) in [5.41, 5.74) is 0. The first-order chi connectivity index (χ1) is 5.54. The van der Waals surface area contributed by atoms with Gasteiger partial charge in [0.25, 0.3) is 0 Å². The van der Waals surface area contributed by atoms with Crippen LogP contribution in [0.5, 0.6) is 0 Å². The molecule has 0 aromatic carbocycles. The maximum absolute atomic E-state index is 11.9. The molecule has 4 nitrogen and oxygen atoms in total. The third kappa shape index (κ3) is 4.71. The Bertz CT molecular complexity index is 291. The van der Waals surface area contributed by atoms with Gasteiger partial charge in [-0.05, 0) is 0 Å². The van der Waals surface area contributed by atoms with E-state index in [9.17, 15) is 26.4 Å². The zero-order chi connectivity index (χ0) is 10.9. The van der Waals surface area contributed by atoms with Gasteiger partial charge in [0.2, 0.25) is 0 Å². The van der Waals surface area contributed by atoms with E-state index in [1.54, 1.807) is 0 Å². The predicted octanol–water partition coefficient (Wildman–Crippen LogP) is 0.294. The lowest BCUT2D eigenvalue weighted by Crippen LogP contribution is -2.36. The van der Waals surface area contributed by atoms with Gasteiger partial charge in [0.1, 0.15) is 9.84 Å². The molecule has 0 radical (unpaired) electrons. The third-order valence-corrected chi connectivity index (χ3v) is 2.10. The van der Waals surface area contributed by atoms with Crippen LogP contribution in [-0.4, -0.2) is 37.7 Å². The highest BCUT2D eigenvalue weighted by Crippen LogP contribution is 2.27. The van der Waals surface area contributed by atoms with Crippen LogP contribution in [0, 0.1) is 5.92 Å². The number of hydrogen-bond acceptors (Lipinski definition) is 3. The molecule has 8 heteroatoms. The van der Waals surface area contributed by atoms with E-state index >= 15 is 0 Å². The highest BCUT2D eigenvalue weighted by molar-refractivity contribution is 7.90. The summed E-state index contributed by atoms with van der Waals surface area (Å²) >= 11 is 0. The molecule has 0 saturated carbocycles. The Labute approximate surface area is 72.3 Å². The van der Waals surface area contributed by atoms with E-state index in [4.69, 9.17) is 5.11 Å². The number of rotatable bonds is 3. The van der Waals surface area contributed by atoms with Gasteiger partial charge in [-0.15, -0.1) is 0 Å². The average Bonchev–Trinajstić information content (AvgIpc) is 1.77. The Hall–Kier alpha value is -0.790. The van der Waals surface area contributed by atoms with Crippen molar-refractivity contribution in [3.05, 3.63) is 0 Å². The largest absolute Gasteiger partial charge is 0.481 e. The smallest absolute Gasteiger partial charge is 0.403 e. The number of carboxylic acids is 1. The van der Waals surface area contributed by atoms with Crippen LogP contribution in [0.1, 0.15) is 0 Å². The molecular formula is C5H7F3O4S. The minimum atomic E-state index is -5.03. The number of carbonyl (C=O) groups is 1. The lowest BCUT2D eigenvalue weighted by atomic mass is 10.2. The van der Waals surface area contributed by atoms with Crippen molar-refractivity contribution in [1.82, 2.24) is 0 Å². The van der Waals surface area contributed by atoms with Crippen molar-refractivity contribution < 1.29 is 31.5 Å². The molecule has 0 heterocycles. The first-order valence-electron chi connectivity index (χ1n) is 3.01. The van der Waals surface area contributed by atoms with Crippen LogP contribution in [-0.2, 0) is 14.6 Å². The summed E-state index contributed by atoms with van der Waals surface area (Å²) in [5, 5.41) is 8.09. The molecule has 0 aliphatic rings. The van der Waals surface area contributed by atoms with Crippen LogP contribution < -0.4 is 0 Å². The first kappa shape index (κ1) is 12.2. The van der Waals surface area contributed by atoms with Gasteiger partial charge < -0.3 is 5.11 Å². The second-order valence-electron chi connectivity index (χ2n) is 2.52. The molecule has 13 heavy (non-hydrogen) atoms. The molecule has 0 bridgehead atoms. The minimum Gasteiger partial charge on any atom is -0.481 e. The molecule has 1 atom stereocenters. The van der Waals surface area contributed by atoms with Gasteiger partial charge in [0.05, 0.1) is 5.75 Å². The van der Waals surface area contributed by atoms with Crippen molar-refractivity contribution >= 4 is 15.8 Å². The SMILES string of the molecule is CS(=O)(=O)CC(C(=O)O)C(F)(F)F. The number of sulfone groups is 1. The molecular weight excluding hydrogens is 213 g/mol. The van der Waals surface area contributed by atoms with Crippen molar-refractivity contribution in [2.45, 2.75) is 6.18 Å². The van der Waals surface area contributed by atoms with Gasteiger partial charge in [0, 0.05) is 6.26 Å². The maximum atomic E-state index is 11.9. The van der Waals surface area contributed by atoms with E-state index in [2.05, 4.69) is 0 Å². The maximum Gasteiger partial charge on any atom is 0.403 e. The summed E-state index contributed by atoms with van der Waals surface area (Å²) in [6.45, 7) is 0. The number of carboxylic acid groups (broad SMARTS) is 1. The molecule has 0 aromatic heterocycles. The highest BCUT2D eigenvalue weighted by Gasteiger charge is 2.46. The molecule has 0 fully saturated rings. The van der Waals surface area contributed by atoms with Gasteiger partial charge in [0.15, 0.2) is 5.92 Å². The second kappa shape index (κ2) is 3.52. The van der Waals surface area contributed by atoms with Crippen molar-refractivity contribution in [2.75, 3.05) is 12.0 Å². The third-order valence-electron chi connectivity index (χ3n) is 1.16. The molecule has 0 aromatic rings. The number of aliphatic carboxylic acids is 1. The van der Waals surface area contributed by atoms with E-state index in [0.29, 0.717) is 6.26 Å². The predicted molar refractivity (Wildman–Crippen MR) is 36.9 cm³/mol. The Morgan fingerprint density at radius 2 is 1.85 bits per heavy atom. The second-order valence-corrected chi connectivity index (χ2v) is 4.71. The average molecular weight is 220 g/mol. The lowest BCUT2D eigenvalue weighted by molar-refractivity contribution is -0.188. The Morgan fingerprint density at radius 3 is 1.92 bits per heavy atom. The Kier molecular flexibility index (Phi) is 3.31. The molecule has 0 amide bonds. The molecule has 0 rings (SSSR count). The quantitative estimate of drug-likeness (QED) is 0.742. The highest BCUT2D eigenvalue weighted by atomic mass is 32.2. The van der Waals surface area contributed by atoms with E-state index in [0.717, 1.165) is 0 Å². The summed E-state index contributed by atoms with van der Waals surface area (Å²) in [6.07, 6.45) is -4.48. The van der Waals surface area contributed by atoms with Crippen LogP contribution >= 0.6 is 0 Å². The Balaban J connectivity index is 4.77. The summed E-state index contributed by atoms with van der Waals surface area (Å²) < 4.78 is 56.4. The lowest BCUT2D eigenvalue weighted by Gasteiger charge is -2.14. The summed E-state index contributed by atoms with van der Waals surface area (Å²) in [4.78, 5) is 10.0. The molecule has 0 spiro atoms. The number of alkyl halides is 3. The van der Waals surface area contributed by atoms with Gasteiger partial charge in [-0.2, -0.15) is 13.2 Å². The van der Waals surface area contributed by atoms with Crippen LogP contribution in [0.2, 0.25) is 0 Å². The fraction of sp³-hybridized carbons (Fsp3) is 0.800. The zero-order valence-corrected chi connectivity index (χ0v) is 7.32. The molecule has 0 aliphatic heterocycles. The van der Waals surface area contributed by atoms with E-state index < -0.39 is 33.7 Å². The summed E-state index contributed by atoms with van der Waals surface area (Å²) in [7, 11) is -3.95. The van der Waals surface area contributed by atoms with Crippen molar-refractivity contribution in [2.24, 2.45) is 5.92 Å². The van der Waals surface area contributed by atoms with E-state index in [1.165, 1.54) is 0 Å². The van der Waals surface area contributed by atoms with Crippen LogP contribution in [0.3, 0.4) is 0 Å². The van der Waals surface area contributed by atoms with Gasteiger partial charge in [-0.25, -0.2) is 8.42 Å². The van der Waals surface area contributed by atoms with Crippen molar-refractivity contribution in [3.63, 3.8) is 0 Å². The van der Waals surface area contributed by atoms with Gasteiger partial charge in [-0.1, -0.05) is 0 Å². The molecule has 78 valence electrons. The van der Waals surface area contributed by atoms with E-state index in [-0.39, 0.29) is 0 Å². The molecule has 0 saturated heterocycles. The molecule has 1 unspecified atom stereocenters. The zero-order valence-electron chi connectivity index (χ0n) is 6.50. The first-order valence-corrected chi connectivity index (χ1v) is 5.07. The topological polar surface area (TPSA) is 71.4 Å². The Morgan fingerprint density at radius 1 is 1.46 bits per heavy atom. The molecule has 0 aliphatic carbocycles. The van der Waals surface area contributed by atoms with Crippen LogP contribution in [0.4, 0.5) is 13.2 Å². The monoisotopic (exact) mass is 220 g/mol. The van der Waals surface area contributed by atoms with E-state index in [1.807, 2.05) is 0 Å². The van der Waals surface area contributed by atoms with Crippen molar-refractivity contribution in [1.29, 1.82) is 0 Å². The summed E-state index contributed by atoms with van der Waals surface area (Å²) in [6, 6.07) is 0. The minimum absolute atomic E-state index is 0.550. The van der Waals surface area contributed by atoms with Gasteiger partial charge >= 0.3 is 12.1 Å². The van der Waals surface area contributed by atoms with Crippen molar-refractivity contribution in [3.8, 4) is 0 Å². The standard InChI is InChI=1S/C5H7F3O4S/c1-13(11,12)2-3(4(9)10)5(6,7)8/h3H,2H2,1H3,(H,9,10). The van der Waals surface area contributed by atoms with Crippen LogP contribution in [0.25, 0.3) is 0 Å².